The van der Waals surface area contributed by atoms with Gasteiger partial charge >= 0.3 is 0 Å². The van der Waals surface area contributed by atoms with Crippen molar-refractivity contribution in [3.05, 3.63) is 29.7 Å². The maximum Gasteiger partial charge on any atom is 0.194 e. The Kier molecular flexibility index (Phi) is 9.72. The summed E-state index contributed by atoms with van der Waals surface area (Å²) in [4.78, 5) is 9.75. The summed E-state index contributed by atoms with van der Waals surface area (Å²) in [6.07, 6.45) is 3.79. The van der Waals surface area contributed by atoms with E-state index in [0.717, 1.165) is 102 Å². The minimum Gasteiger partial charge on any atom is -0.381 e. The fourth-order valence-electron chi connectivity index (χ4n) is 4.08. The summed E-state index contributed by atoms with van der Waals surface area (Å²) in [5.41, 5.74) is 1.000. The number of ether oxygens (including phenoxy) is 1. The molecule has 2 fully saturated rings. The number of piperazine rings is 1. The van der Waals surface area contributed by atoms with Gasteiger partial charge in [-0.05, 0) is 13.3 Å². The maximum absolute atomic E-state index is 5.52. The molecule has 1 unspecified atom stereocenters. The highest BCUT2D eigenvalue weighted by atomic mass is 127. The van der Waals surface area contributed by atoms with Crippen LogP contribution in [0.25, 0.3) is 0 Å². The number of hydrogen-bond donors (Lipinski definition) is 1. The highest BCUT2D eigenvalue weighted by molar-refractivity contribution is 14.0. The van der Waals surface area contributed by atoms with Crippen LogP contribution in [0.2, 0.25) is 0 Å². The van der Waals surface area contributed by atoms with Crippen molar-refractivity contribution in [1.29, 1.82) is 0 Å². The summed E-state index contributed by atoms with van der Waals surface area (Å²) < 4.78 is 12.8. The molecule has 2 aromatic heterocycles. The fraction of sp³-hybridized carbons (Fsp3) is 0.714. The first-order valence-electron chi connectivity index (χ1n) is 11.3. The van der Waals surface area contributed by atoms with E-state index < -0.39 is 0 Å². The molecule has 2 aliphatic rings. The molecule has 4 rings (SSSR count). The zero-order chi connectivity index (χ0) is 21.5. The van der Waals surface area contributed by atoms with Gasteiger partial charge in [-0.25, -0.2) is 0 Å². The summed E-state index contributed by atoms with van der Waals surface area (Å²) in [5.74, 6) is 3.40. The van der Waals surface area contributed by atoms with Gasteiger partial charge in [-0.15, -0.1) is 34.2 Å². The Bertz CT molecular complexity index is 840. The Morgan fingerprint density at radius 1 is 1.28 bits per heavy atom. The molecular formula is C21H35IN8O2. The van der Waals surface area contributed by atoms with Crippen molar-refractivity contribution in [2.75, 3.05) is 52.5 Å². The number of aromatic nitrogens is 4. The van der Waals surface area contributed by atoms with Gasteiger partial charge in [0.15, 0.2) is 5.96 Å². The minimum atomic E-state index is 0. The van der Waals surface area contributed by atoms with Crippen molar-refractivity contribution in [3.63, 3.8) is 0 Å². The van der Waals surface area contributed by atoms with Crippen molar-refractivity contribution in [2.24, 2.45) is 10.9 Å². The van der Waals surface area contributed by atoms with Crippen LogP contribution < -0.4 is 5.32 Å². The van der Waals surface area contributed by atoms with Gasteiger partial charge in [-0.1, -0.05) is 12.1 Å². The molecule has 0 bridgehead atoms. The molecule has 2 aromatic rings. The lowest BCUT2D eigenvalue weighted by Crippen LogP contribution is -2.52. The molecule has 1 atom stereocenters. The Hall–Kier alpha value is -1.73. The summed E-state index contributed by atoms with van der Waals surface area (Å²) in [7, 11) is 0. The SMILES string of the molecule is CCc1nncn1CCNC(=NCC1CCOC1)N1CCN(Cc2cc(C)on2)CC1.I. The second-order valence-electron chi connectivity index (χ2n) is 8.31. The molecular weight excluding hydrogens is 523 g/mol. The third kappa shape index (κ3) is 6.88. The van der Waals surface area contributed by atoms with E-state index in [1.165, 1.54) is 0 Å². The molecule has 2 aliphatic heterocycles. The molecule has 0 spiro atoms. The average Bonchev–Trinajstić information content (AvgIpc) is 3.54. The molecule has 0 aliphatic carbocycles. The number of nitrogens with one attached hydrogen (secondary N) is 1. The second-order valence-corrected chi connectivity index (χ2v) is 8.31. The lowest BCUT2D eigenvalue weighted by atomic mass is 10.1. The molecule has 178 valence electrons. The van der Waals surface area contributed by atoms with Gasteiger partial charge in [0, 0.05) is 77.4 Å². The summed E-state index contributed by atoms with van der Waals surface area (Å²) >= 11 is 0. The van der Waals surface area contributed by atoms with Crippen LogP contribution in [-0.2, 0) is 24.2 Å². The Morgan fingerprint density at radius 2 is 2.12 bits per heavy atom. The summed E-state index contributed by atoms with van der Waals surface area (Å²) in [5, 5.41) is 15.9. The average molecular weight is 558 g/mol. The standard InChI is InChI=1S/C21H34N8O2.HI/c1-3-20-25-24-16-29(20)6-5-22-21(23-13-18-4-11-30-15-18)28-9-7-27(8-10-28)14-19-12-17(2)31-26-19;/h12,16,18H,3-11,13-15H2,1-2H3,(H,22,23);1H. The first-order chi connectivity index (χ1) is 15.2. The van der Waals surface area contributed by atoms with Gasteiger partial charge in [0.25, 0.3) is 0 Å². The molecule has 2 saturated heterocycles. The van der Waals surface area contributed by atoms with Crippen molar-refractivity contribution >= 4 is 29.9 Å². The van der Waals surface area contributed by atoms with Gasteiger partial charge in [0.05, 0.1) is 12.3 Å². The second kappa shape index (κ2) is 12.5. The predicted molar refractivity (Wildman–Crippen MR) is 132 cm³/mol. The molecule has 10 nitrogen and oxygen atoms in total. The van der Waals surface area contributed by atoms with Crippen molar-refractivity contribution < 1.29 is 9.26 Å². The lowest BCUT2D eigenvalue weighted by molar-refractivity contribution is 0.168. The molecule has 0 amide bonds. The van der Waals surface area contributed by atoms with Crippen LogP contribution in [0, 0.1) is 12.8 Å². The molecule has 0 saturated carbocycles. The maximum atomic E-state index is 5.52. The molecule has 0 radical (unpaired) electrons. The quantitative estimate of drug-likeness (QED) is 0.296. The Morgan fingerprint density at radius 3 is 2.81 bits per heavy atom. The normalized spacial score (nSPS) is 19.9. The smallest absolute Gasteiger partial charge is 0.194 e. The van der Waals surface area contributed by atoms with E-state index >= 15 is 0 Å². The highest BCUT2D eigenvalue weighted by Crippen LogP contribution is 2.13. The van der Waals surface area contributed by atoms with Gasteiger partial charge in [-0.3, -0.25) is 9.89 Å². The fourth-order valence-corrected chi connectivity index (χ4v) is 4.08. The first-order valence-corrected chi connectivity index (χ1v) is 11.3. The molecule has 11 heteroatoms. The first kappa shape index (κ1) is 24.9. The van der Waals surface area contributed by atoms with Crippen molar-refractivity contribution in [1.82, 2.24) is 35.0 Å². The van der Waals surface area contributed by atoms with E-state index in [2.05, 4.69) is 42.0 Å². The summed E-state index contributed by atoms with van der Waals surface area (Å²) in [6, 6.07) is 2.01. The number of hydrogen-bond acceptors (Lipinski definition) is 7. The largest absolute Gasteiger partial charge is 0.381 e. The Balaban J connectivity index is 0.00000289. The van der Waals surface area contributed by atoms with E-state index in [-0.39, 0.29) is 24.0 Å². The van der Waals surface area contributed by atoms with Crippen LogP contribution >= 0.6 is 24.0 Å². The van der Waals surface area contributed by atoms with E-state index in [0.29, 0.717) is 5.92 Å². The van der Waals surface area contributed by atoms with Crippen molar-refractivity contribution in [2.45, 2.75) is 39.8 Å². The number of aryl methyl sites for hydroxylation is 2. The number of rotatable bonds is 8. The van der Waals surface area contributed by atoms with Gasteiger partial charge < -0.3 is 24.0 Å². The van der Waals surface area contributed by atoms with Crippen LogP contribution in [0.15, 0.2) is 21.9 Å². The monoisotopic (exact) mass is 558 g/mol. The summed E-state index contributed by atoms with van der Waals surface area (Å²) in [6.45, 7) is 12.8. The van der Waals surface area contributed by atoms with Crippen LogP contribution in [0.5, 0.6) is 0 Å². The minimum absolute atomic E-state index is 0. The third-order valence-corrected chi connectivity index (χ3v) is 5.91. The van der Waals surface area contributed by atoms with Gasteiger partial charge in [0.2, 0.25) is 0 Å². The van der Waals surface area contributed by atoms with E-state index in [4.69, 9.17) is 14.3 Å². The highest BCUT2D eigenvalue weighted by Gasteiger charge is 2.22. The lowest BCUT2D eigenvalue weighted by Gasteiger charge is -2.36. The zero-order valence-electron chi connectivity index (χ0n) is 19.1. The third-order valence-electron chi connectivity index (χ3n) is 5.91. The van der Waals surface area contributed by atoms with Gasteiger partial charge in [-0.2, -0.15) is 0 Å². The molecule has 1 N–H and O–H groups in total. The molecule has 4 heterocycles. The topological polar surface area (TPSA) is 96.8 Å². The van der Waals surface area contributed by atoms with Crippen LogP contribution in [0.4, 0.5) is 0 Å². The predicted octanol–water partition coefficient (Wildman–Crippen LogP) is 1.55. The van der Waals surface area contributed by atoms with E-state index in [1.54, 1.807) is 6.33 Å². The molecule has 32 heavy (non-hydrogen) atoms. The van der Waals surface area contributed by atoms with E-state index in [1.807, 2.05) is 13.0 Å². The van der Waals surface area contributed by atoms with Crippen LogP contribution in [-0.4, -0.2) is 88.2 Å². The van der Waals surface area contributed by atoms with Crippen LogP contribution in [0.3, 0.4) is 0 Å². The number of guanidine groups is 1. The zero-order valence-corrected chi connectivity index (χ0v) is 21.4. The Labute approximate surface area is 206 Å². The van der Waals surface area contributed by atoms with Gasteiger partial charge in [0.1, 0.15) is 17.9 Å². The van der Waals surface area contributed by atoms with Crippen molar-refractivity contribution in [3.8, 4) is 0 Å². The van der Waals surface area contributed by atoms with Crippen LogP contribution in [0.1, 0.15) is 30.6 Å². The van der Waals surface area contributed by atoms with E-state index in [9.17, 15) is 0 Å². The number of halogens is 1. The number of nitrogens with zero attached hydrogens (tertiary/aromatic N) is 7. The molecule has 0 aromatic carbocycles. The number of aliphatic imine (C=N–C) groups is 1.